The Kier molecular flexibility index (Phi) is 8.38. The van der Waals surface area contributed by atoms with Crippen molar-refractivity contribution in [2.45, 2.75) is 30.9 Å². The predicted octanol–water partition coefficient (Wildman–Crippen LogP) is 2.07. The molecule has 1 aliphatic heterocycles. The van der Waals surface area contributed by atoms with Crippen LogP contribution in [0.15, 0.2) is 36.4 Å². The van der Waals surface area contributed by atoms with Crippen molar-refractivity contribution in [1.82, 2.24) is 5.32 Å². The summed E-state index contributed by atoms with van der Waals surface area (Å²) in [6.45, 7) is -0.262. The molecule has 2 aromatic rings. The lowest BCUT2D eigenvalue weighted by atomic mass is 9.90. The van der Waals surface area contributed by atoms with E-state index >= 15 is 0 Å². The molecule has 0 spiro atoms. The third-order valence-electron chi connectivity index (χ3n) is 5.75. The molecule has 1 aliphatic rings. The van der Waals surface area contributed by atoms with Gasteiger partial charge in [0.25, 0.3) is 0 Å². The number of carbonyl (C=O) groups excluding carboxylic acids is 1. The van der Waals surface area contributed by atoms with E-state index in [2.05, 4.69) is 5.32 Å². The third kappa shape index (κ3) is 5.87. The molecule has 11 heteroatoms. The van der Waals surface area contributed by atoms with Gasteiger partial charge in [0.1, 0.15) is 12.1 Å². The number of phenols is 1. The molecule has 0 aliphatic carbocycles. The number of carboxylic acids is 2. The molecule has 3 atom stereocenters. The van der Waals surface area contributed by atoms with Crippen molar-refractivity contribution in [2.75, 3.05) is 20.8 Å². The number of amides is 1. The second-order valence-corrected chi connectivity index (χ2v) is 8.07. The van der Waals surface area contributed by atoms with Crippen LogP contribution in [0.1, 0.15) is 41.6 Å². The van der Waals surface area contributed by atoms with Crippen LogP contribution in [0.4, 0.5) is 0 Å². The molecule has 3 rings (SSSR count). The van der Waals surface area contributed by atoms with Crippen molar-refractivity contribution in [2.24, 2.45) is 0 Å². The first kappa shape index (κ1) is 26.4. The number of aliphatic carboxylic acids is 2. The minimum atomic E-state index is -1.34. The van der Waals surface area contributed by atoms with Gasteiger partial charge in [-0.05, 0) is 47.9 Å². The molecule has 11 nitrogen and oxygen atoms in total. The van der Waals surface area contributed by atoms with Crippen LogP contribution in [0.5, 0.6) is 23.0 Å². The number of carbonyl (C=O) groups is 3. The number of hydrogen-bond donors (Lipinski definition) is 5. The van der Waals surface area contributed by atoms with E-state index in [4.69, 9.17) is 19.3 Å². The zero-order valence-corrected chi connectivity index (χ0v) is 19.6. The monoisotopic (exact) mass is 501 g/mol. The van der Waals surface area contributed by atoms with E-state index in [1.807, 2.05) is 0 Å². The Labute approximate surface area is 206 Å². The van der Waals surface area contributed by atoms with Gasteiger partial charge in [-0.2, -0.15) is 0 Å². The minimum absolute atomic E-state index is 0.0336. The highest BCUT2D eigenvalue weighted by Gasteiger charge is 2.38. The summed E-state index contributed by atoms with van der Waals surface area (Å²) in [6, 6.07) is 6.76. The lowest BCUT2D eigenvalue weighted by Gasteiger charge is -2.18. The van der Waals surface area contributed by atoms with Crippen molar-refractivity contribution in [1.29, 1.82) is 0 Å². The average Bonchev–Trinajstić information content (AvgIpc) is 3.23. The third-order valence-corrected chi connectivity index (χ3v) is 5.75. The number of aromatic hydroxyl groups is 1. The number of ether oxygens (including phenoxy) is 3. The fourth-order valence-corrected chi connectivity index (χ4v) is 3.95. The number of aliphatic hydroxyl groups excluding tert-OH is 1. The topological polar surface area (TPSA) is 172 Å². The molecule has 0 saturated heterocycles. The Bertz CT molecular complexity index is 1180. The van der Waals surface area contributed by atoms with Gasteiger partial charge in [0.05, 0.1) is 26.7 Å². The van der Waals surface area contributed by atoms with Crippen molar-refractivity contribution in [3.05, 3.63) is 53.1 Å². The van der Waals surface area contributed by atoms with Gasteiger partial charge in [-0.15, -0.1) is 0 Å². The van der Waals surface area contributed by atoms with Gasteiger partial charge >= 0.3 is 11.9 Å². The quantitative estimate of drug-likeness (QED) is 0.287. The molecule has 1 heterocycles. The van der Waals surface area contributed by atoms with Crippen LogP contribution in [0.2, 0.25) is 0 Å². The number of aliphatic hydroxyl groups is 1. The van der Waals surface area contributed by atoms with Gasteiger partial charge in [-0.1, -0.05) is 6.07 Å². The maximum atomic E-state index is 12.3. The molecule has 0 aromatic heterocycles. The molecule has 36 heavy (non-hydrogen) atoms. The van der Waals surface area contributed by atoms with Crippen LogP contribution in [-0.2, 0) is 14.4 Å². The molecule has 192 valence electrons. The zero-order chi connectivity index (χ0) is 26.4. The summed E-state index contributed by atoms with van der Waals surface area (Å²) < 4.78 is 16.8. The Balaban J connectivity index is 1.84. The molecule has 5 N–H and O–H groups in total. The van der Waals surface area contributed by atoms with Crippen LogP contribution in [0.25, 0.3) is 6.08 Å². The van der Waals surface area contributed by atoms with Crippen molar-refractivity contribution < 1.29 is 49.0 Å². The van der Waals surface area contributed by atoms with E-state index in [0.29, 0.717) is 28.2 Å². The molecule has 0 radical (unpaired) electrons. The largest absolute Gasteiger partial charge is 0.504 e. The summed E-state index contributed by atoms with van der Waals surface area (Å²) in [4.78, 5) is 34.3. The zero-order valence-electron chi connectivity index (χ0n) is 19.6. The fourth-order valence-electron chi connectivity index (χ4n) is 3.95. The standard InChI is InChI=1S/C25H27NO10/c1-34-19-11-14(4-6-18(19)28)23-16(12-27)15-9-13(10-20(35-2)24(15)36-23)3-7-21(29)26-17(25(32)33)5-8-22(30)31/h3-4,6-7,9-11,16-17,23,27-28H,5,8,12H2,1-2H3,(H,26,29)(H,30,31)(H,32,33)/t16-,17+,23-/m0/s1. The van der Waals surface area contributed by atoms with Crippen LogP contribution in [0, 0.1) is 0 Å². The van der Waals surface area contributed by atoms with Gasteiger partial charge in [0, 0.05) is 18.1 Å². The van der Waals surface area contributed by atoms with E-state index in [-0.39, 0.29) is 24.5 Å². The minimum Gasteiger partial charge on any atom is -0.504 e. The van der Waals surface area contributed by atoms with Crippen molar-refractivity contribution >= 4 is 23.9 Å². The number of carboxylic acid groups (broad SMARTS) is 2. The van der Waals surface area contributed by atoms with Gasteiger partial charge in [0.15, 0.2) is 23.0 Å². The first-order chi connectivity index (χ1) is 17.2. The van der Waals surface area contributed by atoms with Gasteiger partial charge in [-0.3, -0.25) is 9.59 Å². The van der Waals surface area contributed by atoms with Gasteiger partial charge in [-0.25, -0.2) is 4.79 Å². The normalized spacial score (nSPS) is 17.2. The molecule has 0 bridgehead atoms. The molecule has 2 aromatic carbocycles. The van der Waals surface area contributed by atoms with Crippen molar-refractivity contribution in [3.63, 3.8) is 0 Å². The van der Waals surface area contributed by atoms with E-state index in [1.54, 1.807) is 24.3 Å². The summed E-state index contributed by atoms with van der Waals surface area (Å²) >= 11 is 0. The summed E-state index contributed by atoms with van der Waals surface area (Å²) in [7, 11) is 2.87. The number of nitrogens with one attached hydrogen (secondary N) is 1. The number of phenolic OH excluding ortho intramolecular Hbond substituents is 1. The molecular formula is C25H27NO10. The second-order valence-electron chi connectivity index (χ2n) is 8.07. The maximum absolute atomic E-state index is 12.3. The van der Waals surface area contributed by atoms with Crippen LogP contribution >= 0.6 is 0 Å². The lowest BCUT2D eigenvalue weighted by Crippen LogP contribution is -2.40. The van der Waals surface area contributed by atoms with Gasteiger partial charge < -0.3 is 40.0 Å². The smallest absolute Gasteiger partial charge is 0.326 e. The summed E-state index contributed by atoms with van der Waals surface area (Å²) in [5.41, 5.74) is 1.84. The van der Waals surface area contributed by atoms with Crippen molar-refractivity contribution in [3.8, 4) is 23.0 Å². The fraction of sp³-hybridized carbons (Fsp3) is 0.320. The van der Waals surface area contributed by atoms with Crippen LogP contribution in [0.3, 0.4) is 0 Å². The Morgan fingerprint density at radius 3 is 2.44 bits per heavy atom. The number of methoxy groups -OCH3 is 2. The second kappa shape index (κ2) is 11.5. The molecular weight excluding hydrogens is 474 g/mol. The molecule has 1 amide bonds. The molecule has 0 saturated carbocycles. The Morgan fingerprint density at radius 1 is 1.11 bits per heavy atom. The lowest BCUT2D eigenvalue weighted by molar-refractivity contribution is -0.142. The Hall–Kier alpha value is -4.25. The van der Waals surface area contributed by atoms with E-state index in [1.165, 1.54) is 26.4 Å². The highest BCUT2D eigenvalue weighted by atomic mass is 16.5. The summed E-state index contributed by atoms with van der Waals surface area (Å²) in [6.07, 6.45) is 1.32. The highest BCUT2D eigenvalue weighted by molar-refractivity contribution is 5.94. The number of fused-ring (bicyclic) bond motifs is 1. The molecule has 0 unspecified atom stereocenters. The van der Waals surface area contributed by atoms with E-state index in [0.717, 1.165) is 6.08 Å². The summed E-state index contributed by atoms with van der Waals surface area (Å²) in [5, 5.41) is 40.3. The number of rotatable bonds is 11. The number of hydrogen-bond acceptors (Lipinski definition) is 8. The van der Waals surface area contributed by atoms with Gasteiger partial charge in [0.2, 0.25) is 5.91 Å². The SMILES string of the molecule is COc1cc([C@@H]2Oc3c(OC)cc(C=CC(=O)N[C@H](CCC(=O)O)C(=O)O)cc3[C@@H]2CO)ccc1O. The first-order valence-electron chi connectivity index (χ1n) is 11.0. The van der Waals surface area contributed by atoms with E-state index < -0.39 is 42.3 Å². The highest BCUT2D eigenvalue weighted by Crippen LogP contribution is 2.51. The Morgan fingerprint density at radius 2 is 1.83 bits per heavy atom. The molecule has 0 fully saturated rings. The predicted molar refractivity (Wildman–Crippen MR) is 126 cm³/mol. The number of benzene rings is 2. The van der Waals surface area contributed by atoms with Crippen LogP contribution < -0.4 is 19.5 Å². The first-order valence-corrected chi connectivity index (χ1v) is 11.0. The summed E-state index contributed by atoms with van der Waals surface area (Å²) in [5.74, 6) is -2.69. The maximum Gasteiger partial charge on any atom is 0.326 e. The average molecular weight is 501 g/mol. The van der Waals surface area contributed by atoms with Crippen LogP contribution in [-0.4, -0.2) is 65.1 Å². The van der Waals surface area contributed by atoms with E-state index in [9.17, 15) is 29.7 Å².